The van der Waals surface area contributed by atoms with Crippen LogP contribution in [0, 0.1) is 0 Å². The van der Waals surface area contributed by atoms with E-state index in [-0.39, 0.29) is 11.3 Å². The molecule has 0 bridgehead atoms. The fourth-order valence-corrected chi connectivity index (χ4v) is 1.62. The fraction of sp³-hybridized carbons (Fsp3) is 0.182. The van der Waals surface area contributed by atoms with Crippen molar-refractivity contribution in [2.45, 2.75) is 6.92 Å². The molecule has 0 fully saturated rings. The van der Waals surface area contributed by atoms with Gasteiger partial charge in [-0.05, 0) is 30.7 Å². The van der Waals surface area contributed by atoms with Gasteiger partial charge in [0.2, 0.25) is 5.28 Å². The summed E-state index contributed by atoms with van der Waals surface area (Å²) in [5.74, 6) is 0.441. The molecule has 88 valence electrons. The summed E-state index contributed by atoms with van der Waals surface area (Å²) in [4.78, 5) is 12.0. The quantitative estimate of drug-likeness (QED) is 0.858. The van der Waals surface area contributed by atoms with Gasteiger partial charge >= 0.3 is 6.01 Å². The lowest BCUT2D eigenvalue weighted by molar-refractivity contribution is 0.312. The Morgan fingerprint density at radius 1 is 1.18 bits per heavy atom. The van der Waals surface area contributed by atoms with Crippen LogP contribution in [0.25, 0.3) is 11.4 Å². The maximum Gasteiger partial charge on any atom is 0.321 e. The van der Waals surface area contributed by atoms with Gasteiger partial charge in [-0.25, -0.2) is 0 Å². The van der Waals surface area contributed by atoms with Crippen molar-refractivity contribution in [2.75, 3.05) is 6.61 Å². The Labute approximate surface area is 109 Å². The van der Waals surface area contributed by atoms with Crippen LogP contribution in [0.3, 0.4) is 0 Å². The summed E-state index contributed by atoms with van der Waals surface area (Å²) >= 11 is 11.7. The van der Waals surface area contributed by atoms with Crippen molar-refractivity contribution in [1.82, 2.24) is 15.0 Å². The van der Waals surface area contributed by atoms with E-state index in [2.05, 4.69) is 15.0 Å². The molecular weight excluding hydrogens is 261 g/mol. The first-order chi connectivity index (χ1) is 8.19. The van der Waals surface area contributed by atoms with Gasteiger partial charge in [0.05, 0.1) is 6.61 Å². The van der Waals surface area contributed by atoms with Gasteiger partial charge < -0.3 is 4.74 Å². The monoisotopic (exact) mass is 269 g/mol. The molecule has 1 aromatic carbocycles. The van der Waals surface area contributed by atoms with Crippen molar-refractivity contribution < 1.29 is 4.74 Å². The number of ether oxygens (including phenoxy) is 1. The van der Waals surface area contributed by atoms with Gasteiger partial charge in [0.25, 0.3) is 0 Å². The summed E-state index contributed by atoms with van der Waals surface area (Å²) in [6.07, 6.45) is 0. The van der Waals surface area contributed by atoms with Crippen LogP contribution < -0.4 is 4.74 Å². The smallest absolute Gasteiger partial charge is 0.321 e. The fourth-order valence-electron chi connectivity index (χ4n) is 1.28. The minimum absolute atomic E-state index is 0.0958. The van der Waals surface area contributed by atoms with Crippen molar-refractivity contribution in [1.29, 1.82) is 0 Å². The maximum atomic E-state index is 5.90. The molecule has 1 heterocycles. The van der Waals surface area contributed by atoms with Gasteiger partial charge in [0.15, 0.2) is 5.82 Å². The van der Waals surface area contributed by atoms with E-state index < -0.39 is 0 Å². The van der Waals surface area contributed by atoms with E-state index in [4.69, 9.17) is 27.9 Å². The molecule has 0 aliphatic heterocycles. The van der Waals surface area contributed by atoms with Crippen LogP contribution in [0.5, 0.6) is 6.01 Å². The number of benzene rings is 1. The first kappa shape index (κ1) is 12.1. The standard InChI is InChI=1S/C11H9Cl2N3O/c1-2-17-11-15-9(14-10(13)16-11)7-4-3-5-8(12)6-7/h3-6H,2H2,1H3. The molecule has 0 amide bonds. The zero-order valence-electron chi connectivity index (χ0n) is 9.02. The highest BCUT2D eigenvalue weighted by Crippen LogP contribution is 2.21. The van der Waals surface area contributed by atoms with Gasteiger partial charge in [0, 0.05) is 10.6 Å². The summed E-state index contributed by atoms with van der Waals surface area (Å²) in [6.45, 7) is 2.31. The Bertz CT molecular complexity index is 534. The predicted octanol–water partition coefficient (Wildman–Crippen LogP) is 3.24. The van der Waals surface area contributed by atoms with Gasteiger partial charge in [-0.15, -0.1) is 0 Å². The largest absolute Gasteiger partial charge is 0.464 e. The summed E-state index contributed by atoms with van der Waals surface area (Å²) in [7, 11) is 0. The van der Waals surface area contributed by atoms with Crippen molar-refractivity contribution in [3.63, 3.8) is 0 Å². The molecule has 0 N–H and O–H groups in total. The average Bonchev–Trinajstić information content (AvgIpc) is 2.28. The third-order valence-corrected chi connectivity index (χ3v) is 2.35. The molecule has 1 aromatic heterocycles. The highest BCUT2D eigenvalue weighted by atomic mass is 35.5. The second-order valence-electron chi connectivity index (χ2n) is 3.15. The molecule has 0 unspecified atom stereocenters. The highest BCUT2D eigenvalue weighted by molar-refractivity contribution is 6.30. The van der Waals surface area contributed by atoms with E-state index in [9.17, 15) is 0 Å². The Morgan fingerprint density at radius 2 is 2.00 bits per heavy atom. The number of aromatic nitrogens is 3. The number of hydrogen-bond donors (Lipinski definition) is 0. The van der Waals surface area contributed by atoms with Crippen LogP contribution in [-0.2, 0) is 0 Å². The number of nitrogens with zero attached hydrogens (tertiary/aromatic N) is 3. The third kappa shape index (κ3) is 3.05. The normalized spacial score (nSPS) is 10.3. The van der Waals surface area contributed by atoms with E-state index in [0.29, 0.717) is 17.5 Å². The van der Waals surface area contributed by atoms with Gasteiger partial charge in [-0.3, -0.25) is 0 Å². The summed E-state index contributed by atoms with van der Waals surface area (Å²) in [5.41, 5.74) is 0.766. The summed E-state index contributed by atoms with van der Waals surface area (Å²) in [5, 5.41) is 0.704. The molecule has 0 saturated carbocycles. The molecule has 17 heavy (non-hydrogen) atoms. The minimum atomic E-state index is 0.0958. The Balaban J connectivity index is 2.44. The van der Waals surface area contributed by atoms with Crippen LogP contribution in [0.2, 0.25) is 10.3 Å². The van der Waals surface area contributed by atoms with E-state index in [1.54, 1.807) is 12.1 Å². The number of rotatable bonds is 3. The molecule has 0 atom stereocenters. The minimum Gasteiger partial charge on any atom is -0.464 e. The second-order valence-corrected chi connectivity index (χ2v) is 3.93. The molecule has 0 saturated heterocycles. The third-order valence-electron chi connectivity index (χ3n) is 1.94. The molecule has 0 aliphatic rings. The van der Waals surface area contributed by atoms with E-state index in [1.165, 1.54) is 0 Å². The molecule has 0 spiro atoms. The number of hydrogen-bond acceptors (Lipinski definition) is 4. The maximum absolute atomic E-state index is 5.90. The summed E-state index contributed by atoms with van der Waals surface area (Å²) in [6, 6.07) is 7.39. The number of halogens is 2. The van der Waals surface area contributed by atoms with Crippen LogP contribution in [-0.4, -0.2) is 21.6 Å². The average molecular weight is 270 g/mol. The van der Waals surface area contributed by atoms with Crippen LogP contribution in [0.1, 0.15) is 6.92 Å². The van der Waals surface area contributed by atoms with Crippen molar-refractivity contribution in [3.05, 3.63) is 34.6 Å². The first-order valence-electron chi connectivity index (χ1n) is 4.99. The van der Waals surface area contributed by atoms with E-state index in [0.717, 1.165) is 5.56 Å². The van der Waals surface area contributed by atoms with Gasteiger partial charge in [-0.2, -0.15) is 15.0 Å². The van der Waals surface area contributed by atoms with Crippen molar-refractivity contribution in [2.24, 2.45) is 0 Å². The molecule has 2 rings (SSSR count). The zero-order chi connectivity index (χ0) is 12.3. The van der Waals surface area contributed by atoms with Crippen LogP contribution in [0.15, 0.2) is 24.3 Å². The molecule has 6 heteroatoms. The second kappa shape index (κ2) is 5.29. The van der Waals surface area contributed by atoms with E-state index in [1.807, 2.05) is 19.1 Å². The highest BCUT2D eigenvalue weighted by Gasteiger charge is 2.08. The molecule has 0 aliphatic carbocycles. The van der Waals surface area contributed by atoms with Crippen LogP contribution in [0.4, 0.5) is 0 Å². The Kier molecular flexibility index (Phi) is 3.76. The first-order valence-corrected chi connectivity index (χ1v) is 5.75. The molecule has 4 nitrogen and oxygen atoms in total. The van der Waals surface area contributed by atoms with Gasteiger partial charge in [-0.1, -0.05) is 23.7 Å². The lowest BCUT2D eigenvalue weighted by atomic mass is 10.2. The molecular formula is C11H9Cl2N3O. The Morgan fingerprint density at radius 3 is 2.71 bits per heavy atom. The predicted molar refractivity (Wildman–Crippen MR) is 66.5 cm³/mol. The topological polar surface area (TPSA) is 47.9 Å². The zero-order valence-corrected chi connectivity index (χ0v) is 10.5. The molecule has 2 aromatic rings. The summed E-state index contributed by atoms with van der Waals surface area (Å²) < 4.78 is 5.20. The van der Waals surface area contributed by atoms with Crippen molar-refractivity contribution >= 4 is 23.2 Å². The van der Waals surface area contributed by atoms with Crippen LogP contribution >= 0.6 is 23.2 Å². The van der Waals surface area contributed by atoms with Crippen molar-refractivity contribution in [3.8, 4) is 17.4 Å². The molecule has 0 radical (unpaired) electrons. The lowest BCUT2D eigenvalue weighted by Crippen LogP contribution is -2.01. The van der Waals surface area contributed by atoms with Gasteiger partial charge in [0.1, 0.15) is 0 Å². The van der Waals surface area contributed by atoms with E-state index >= 15 is 0 Å². The lowest BCUT2D eigenvalue weighted by Gasteiger charge is -2.04. The Hall–Kier alpha value is -1.39. The SMILES string of the molecule is CCOc1nc(Cl)nc(-c2cccc(Cl)c2)n1.